The van der Waals surface area contributed by atoms with Crippen LogP contribution in [0.15, 0.2) is 59.7 Å². The minimum atomic E-state index is -0.686. The number of amides is 1. The predicted molar refractivity (Wildman–Crippen MR) is 113 cm³/mol. The van der Waals surface area contributed by atoms with Gasteiger partial charge < -0.3 is 15.0 Å². The first-order valence-electron chi connectivity index (χ1n) is 9.85. The number of rotatable bonds is 6. The number of aromatic nitrogens is 2. The summed E-state index contributed by atoms with van der Waals surface area (Å²) in [5, 5.41) is 3.12. The third-order valence-electron chi connectivity index (χ3n) is 5.02. The minimum absolute atomic E-state index is 0.311. The molecule has 8 heteroatoms. The van der Waals surface area contributed by atoms with Crippen LogP contribution in [0.2, 0.25) is 0 Å². The first-order valence-corrected chi connectivity index (χ1v) is 9.85. The van der Waals surface area contributed by atoms with Gasteiger partial charge in [-0.15, -0.1) is 0 Å². The lowest BCUT2D eigenvalue weighted by molar-refractivity contribution is -0.147. The summed E-state index contributed by atoms with van der Waals surface area (Å²) in [5.41, 5.74) is 1.99. The van der Waals surface area contributed by atoms with Gasteiger partial charge in [0.15, 0.2) is 6.61 Å². The van der Waals surface area contributed by atoms with Crippen molar-refractivity contribution < 1.29 is 14.3 Å². The molecular weight excluding hydrogens is 384 g/mol. The summed E-state index contributed by atoms with van der Waals surface area (Å²) < 4.78 is 6.17. The maximum Gasteiger partial charge on any atom is 0.326 e. The highest BCUT2D eigenvalue weighted by atomic mass is 16.5. The molecule has 0 spiro atoms. The molecular formula is C22H22N4O4. The second kappa shape index (κ2) is 8.77. The third kappa shape index (κ3) is 4.48. The highest BCUT2D eigenvalue weighted by Crippen LogP contribution is 2.21. The molecule has 1 fully saturated rings. The van der Waals surface area contributed by atoms with Crippen molar-refractivity contribution in [2.75, 3.05) is 29.9 Å². The zero-order valence-corrected chi connectivity index (χ0v) is 16.4. The lowest BCUT2D eigenvalue weighted by Crippen LogP contribution is -2.28. The number of fused-ring (bicyclic) bond motifs is 1. The number of hydrogen-bond acceptors (Lipinski definition) is 6. The van der Waals surface area contributed by atoms with Crippen molar-refractivity contribution in [3.8, 4) is 0 Å². The average molecular weight is 406 g/mol. The number of ether oxygens (including phenoxy) is 1. The van der Waals surface area contributed by atoms with E-state index in [2.05, 4.69) is 15.2 Å². The van der Waals surface area contributed by atoms with E-state index in [4.69, 9.17) is 4.74 Å². The van der Waals surface area contributed by atoms with Crippen LogP contribution >= 0.6 is 0 Å². The predicted octanol–water partition coefficient (Wildman–Crippen LogP) is 2.18. The van der Waals surface area contributed by atoms with Gasteiger partial charge in [0, 0.05) is 24.5 Å². The molecule has 3 aromatic rings. The van der Waals surface area contributed by atoms with Crippen LogP contribution in [-0.2, 0) is 20.9 Å². The molecule has 1 amide bonds. The number of para-hydroxylation sites is 1. The van der Waals surface area contributed by atoms with E-state index in [9.17, 15) is 14.4 Å². The van der Waals surface area contributed by atoms with Crippen molar-refractivity contribution in [3.05, 3.63) is 65.2 Å². The van der Waals surface area contributed by atoms with E-state index in [0.717, 1.165) is 18.8 Å². The van der Waals surface area contributed by atoms with Gasteiger partial charge in [0.2, 0.25) is 0 Å². The standard InChI is InChI=1S/C22H22N4O4/c27-20(24-16-7-9-17(10-8-16)25-11-3-4-12-25)14-30-21(28)13-26-15-23-19-6-2-1-5-18(19)22(26)29/h1-2,5-10,15H,3-4,11-14H2,(H,24,27). The molecule has 0 bridgehead atoms. The Balaban J connectivity index is 1.29. The van der Waals surface area contributed by atoms with Gasteiger partial charge in [-0.1, -0.05) is 12.1 Å². The average Bonchev–Trinajstić information content (AvgIpc) is 3.30. The van der Waals surface area contributed by atoms with Crippen LogP contribution < -0.4 is 15.8 Å². The van der Waals surface area contributed by atoms with Crippen LogP contribution in [0.1, 0.15) is 12.8 Å². The molecule has 1 saturated heterocycles. The summed E-state index contributed by atoms with van der Waals surface area (Å²) in [6.07, 6.45) is 3.70. The zero-order chi connectivity index (χ0) is 20.9. The minimum Gasteiger partial charge on any atom is -0.454 e. The van der Waals surface area contributed by atoms with Gasteiger partial charge in [0.1, 0.15) is 6.54 Å². The van der Waals surface area contributed by atoms with Crippen LogP contribution in [0.5, 0.6) is 0 Å². The third-order valence-corrected chi connectivity index (χ3v) is 5.02. The molecule has 1 aromatic heterocycles. The van der Waals surface area contributed by atoms with E-state index in [1.54, 1.807) is 24.3 Å². The molecule has 2 aromatic carbocycles. The Kier molecular flexibility index (Phi) is 5.74. The molecule has 0 aliphatic carbocycles. The highest BCUT2D eigenvalue weighted by Gasteiger charge is 2.13. The first kappa shape index (κ1) is 19.6. The van der Waals surface area contributed by atoms with Crippen molar-refractivity contribution in [1.29, 1.82) is 0 Å². The summed E-state index contributed by atoms with van der Waals surface area (Å²) in [7, 11) is 0. The van der Waals surface area contributed by atoms with Crippen molar-refractivity contribution in [1.82, 2.24) is 9.55 Å². The Morgan fingerprint density at radius 1 is 1.03 bits per heavy atom. The van der Waals surface area contributed by atoms with E-state index in [1.165, 1.54) is 23.7 Å². The van der Waals surface area contributed by atoms with Crippen molar-refractivity contribution in [3.63, 3.8) is 0 Å². The Bertz CT molecular complexity index is 1120. The number of benzene rings is 2. The Hall–Kier alpha value is -3.68. The zero-order valence-electron chi connectivity index (χ0n) is 16.4. The molecule has 1 aliphatic heterocycles. The largest absolute Gasteiger partial charge is 0.454 e. The number of anilines is 2. The summed E-state index contributed by atoms with van der Waals surface area (Å²) in [4.78, 5) is 43.0. The molecule has 0 radical (unpaired) electrons. The lowest BCUT2D eigenvalue weighted by Gasteiger charge is -2.17. The fourth-order valence-electron chi connectivity index (χ4n) is 3.48. The van der Waals surface area contributed by atoms with Crippen molar-refractivity contribution in [2.45, 2.75) is 19.4 Å². The van der Waals surface area contributed by atoms with E-state index in [0.29, 0.717) is 16.6 Å². The Morgan fingerprint density at radius 3 is 2.53 bits per heavy atom. The molecule has 4 rings (SSSR count). The molecule has 154 valence electrons. The number of hydrogen-bond donors (Lipinski definition) is 1. The van der Waals surface area contributed by atoms with Gasteiger partial charge in [-0.3, -0.25) is 19.0 Å². The molecule has 0 unspecified atom stereocenters. The maximum atomic E-state index is 12.4. The van der Waals surface area contributed by atoms with Crippen molar-refractivity contribution >= 4 is 34.2 Å². The molecule has 30 heavy (non-hydrogen) atoms. The maximum absolute atomic E-state index is 12.4. The smallest absolute Gasteiger partial charge is 0.326 e. The van der Waals surface area contributed by atoms with Crippen LogP contribution in [0.25, 0.3) is 10.9 Å². The van der Waals surface area contributed by atoms with E-state index in [1.807, 2.05) is 24.3 Å². The number of esters is 1. The molecule has 0 saturated carbocycles. The number of carbonyl (C=O) groups is 2. The van der Waals surface area contributed by atoms with E-state index in [-0.39, 0.29) is 12.1 Å². The Morgan fingerprint density at radius 2 is 1.77 bits per heavy atom. The van der Waals surface area contributed by atoms with E-state index >= 15 is 0 Å². The number of nitrogens with one attached hydrogen (secondary N) is 1. The van der Waals surface area contributed by atoms with Crippen LogP contribution in [0.4, 0.5) is 11.4 Å². The molecule has 8 nitrogen and oxygen atoms in total. The molecule has 1 N–H and O–H groups in total. The van der Waals surface area contributed by atoms with Crippen LogP contribution in [0.3, 0.4) is 0 Å². The van der Waals surface area contributed by atoms with Gasteiger partial charge in [-0.2, -0.15) is 0 Å². The van der Waals surface area contributed by atoms with Crippen LogP contribution in [0, 0.1) is 0 Å². The second-order valence-electron chi connectivity index (χ2n) is 7.14. The normalized spacial score (nSPS) is 13.4. The van der Waals surface area contributed by atoms with Gasteiger partial charge in [-0.25, -0.2) is 4.98 Å². The fraction of sp³-hybridized carbons (Fsp3) is 0.273. The molecule has 2 heterocycles. The lowest BCUT2D eigenvalue weighted by atomic mass is 10.2. The SMILES string of the molecule is O=C(COC(=O)Cn1cnc2ccccc2c1=O)Nc1ccc(N2CCCC2)cc1. The summed E-state index contributed by atoms with van der Waals surface area (Å²) >= 11 is 0. The van der Waals surface area contributed by atoms with E-state index < -0.39 is 18.5 Å². The second-order valence-corrected chi connectivity index (χ2v) is 7.14. The summed E-state index contributed by atoms with van der Waals surface area (Å²) in [6, 6.07) is 14.5. The fourth-order valence-corrected chi connectivity index (χ4v) is 3.48. The summed E-state index contributed by atoms with van der Waals surface area (Å²) in [5.74, 6) is -1.13. The number of carbonyl (C=O) groups excluding carboxylic acids is 2. The Labute approximate surface area is 173 Å². The van der Waals surface area contributed by atoms with Crippen LogP contribution in [-0.4, -0.2) is 41.1 Å². The van der Waals surface area contributed by atoms with Gasteiger partial charge >= 0.3 is 5.97 Å². The topological polar surface area (TPSA) is 93.5 Å². The molecule has 1 aliphatic rings. The van der Waals surface area contributed by atoms with Gasteiger partial charge in [-0.05, 0) is 49.2 Å². The number of nitrogens with zero attached hydrogens (tertiary/aromatic N) is 3. The van der Waals surface area contributed by atoms with Gasteiger partial charge in [0.25, 0.3) is 11.5 Å². The quantitative estimate of drug-likeness (QED) is 0.631. The monoisotopic (exact) mass is 406 g/mol. The molecule has 0 atom stereocenters. The first-order chi connectivity index (χ1) is 14.6. The van der Waals surface area contributed by atoms with Gasteiger partial charge in [0.05, 0.1) is 17.2 Å². The summed E-state index contributed by atoms with van der Waals surface area (Å²) in [6.45, 7) is 1.37. The highest BCUT2D eigenvalue weighted by molar-refractivity contribution is 5.93. The van der Waals surface area contributed by atoms with Crippen molar-refractivity contribution in [2.24, 2.45) is 0 Å².